The molecule has 1 atom stereocenters. The molecule has 25 heavy (non-hydrogen) atoms. The summed E-state index contributed by atoms with van der Waals surface area (Å²) in [7, 11) is 0. The topological polar surface area (TPSA) is 99.2 Å². The smallest absolute Gasteiger partial charge is 0.255 e. The lowest BCUT2D eigenvalue weighted by Crippen LogP contribution is -2.31. The summed E-state index contributed by atoms with van der Waals surface area (Å²) < 4.78 is 7.23. The van der Waals surface area contributed by atoms with Crippen molar-refractivity contribution in [3.63, 3.8) is 0 Å². The molecule has 2 amide bonds. The molecule has 0 bridgehead atoms. The summed E-state index contributed by atoms with van der Waals surface area (Å²) in [6.45, 7) is 6.97. The van der Waals surface area contributed by atoms with E-state index in [0.29, 0.717) is 17.9 Å². The summed E-state index contributed by atoms with van der Waals surface area (Å²) in [5.74, 6) is -0.292. The fraction of sp³-hybridized carbons (Fsp3) is 0.389. The summed E-state index contributed by atoms with van der Waals surface area (Å²) in [4.78, 5) is 23.3. The highest BCUT2D eigenvalue weighted by atomic mass is 16.5. The van der Waals surface area contributed by atoms with Gasteiger partial charge in [-0.15, -0.1) is 0 Å². The van der Waals surface area contributed by atoms with Gasteiger partial charge in [0.15, 0.2) is 6.61 Å². The normalized spacial score (nSPS) is 11.8. The number of carbonyl (C=O) groups excluding carboxylic acids is 2. The fourth-order valence-corrected chi connectivity index (χ4v) is 2.51. The Hall–Kier alpha value is -2.83. The number of para-hydroxylation sites is 1. The SMILES string of the molecule is Cc1cc(C)n(C[C@H](C)CNC(=O)c2ccccc2OCC(N)=O)n1. The minimum atomic E-state index is -0.589. The molecular formula is C18H24N4O3. The summed E-state index contributed by atoms with van der Waals surface area (Å²) in [5.41, 5.74) is 7.54. The number of benzene rings is 1. The van der Waals surface area contributed by atoms with Crippen molar-refractivity contribution in [2.45, 2.75) is 27.3 Å². The highest BCUT2D eigenvalue weighted by molar-refractivity contribution is 5.97. The zero-order chi connectivity index (χ0) is 18.4. The standard InChI is InChI=1S/C18H24N4O3/c1-12(10-22-14(3)8-13(2)21-22)9-20-18(24)15-6-4-5-7-16(15)25-11-17(19)23/h4-8,12H,9-11H2,1-3H3,(H2,19,23)(H,20,24)/t12-/m1/s1. The lowest BCUT2D eigenvalue weighted by Gasteiger charge is -2.15. The van der Waals surface area contributed by atoms with Crippen LogP contribution in [0.1, 0.15) is 28.7 Å². The predicted molar refractivity (Wildman–Crippen MR) is 94.3 cm³/mol. The molecule has 1 heterocycles. The minimum absolute atomic E-state index is 0.209. The van der Waals surface area contributed by atoms with Crippen molar-refractivity contribution < 1.29 is 14.3 Å². The number of amides is 2. The van der Waals surface area contributed by atoms with Gasteiger partial charge < -0.3 is 15.8 Å². The molecule has 0 aliphatic carbocycles. The first-order valence-corrected chi connectivity index (χ1v) is 8.16. The van der Waals surface area contributed by atoms with Crippen molar-refractivity contribution in [3.8, 4) is 5.75 Å². The Morgan fingerprint density at radius 1 is 1.32 bits per heavy atom. The van der Waals surface area contributed by atoms with Crippen molar-refractivity contribution in [2.24, 2.45) is 11.7 Å². The van der Waals surface area contributed by atoms with Gasteiger partial charge in [-0.05, 0) is 38.0 Å². The van der Waals surface area contributed by atoms with Crippen LogP contribution in [0.3, 0.4) is 0 Å². The van der Waals surface area contributed by atoms with E-state index < -0.39 is 5.91 Å². The van der Waals surface area contributed by atoms with Crippen LogP contribution in [-0.4, -0.2) is 34.7 Å². The first-order chi connectivity index (χ1) is 11.9. The molecule has 0 fully saturated rings. The van der Waals surface area contributed by atoms with E-state index in [1.807, 2.05) is 31.5 Å². The van der Waals surface area contributed by atoms with Gasteiger partial charge >= 0.3 is 0 Å². The quantitative estimate of drug-likeness (QED) is 0.757. The van der Waals surface area contributed by atoms with E-state index in [1.165, 1.54) is 0 Å². The molecule has 0 radical (unpaired) electrons. The maximum Gasteiger partial charge on any atom is 0.255 e. The van der Waals surface area contributed by atoms with Crippen LogP contribution in [0.2, 0.25) is 0 Å². The largest absolute Gasteiger partial charge is 0.483 e. The molecule has 7 heteroatoms. The van der Waals surface area contributed by atoms with E-state index in [4.69, 9.17) is 10.5 Å². The average Bonchev–Trinajstić information content (AvgIpc) is 2.88. The number of nitrogens with two attached hydrogens (primary N) is 1. The lowest BCUT2D eigenvalue weighted by atomic mass is 10.1. The Morgan fingerprint density at radius 3 is 2.68 bits per heavy atom. The molecule has 1 aromatic heterocycles. The number of aryl methyl sites for hydroxylation is 2. The lowest BCUT2D eigenvalue weighted by molar-refractivity contribution is -0.119. The van der Waals surface area contributed by atoms with E-state index in [9.17, 15) is 9.59 Å². The van der Waals surface area contributed by atoms with Gasteiger partial charge in [-0.3, -0.25) is 14.3 Å². The van der Waals surface area contributed by atoms with Gasteiger partial charge in [0.05, 0.1) is 11.3 Å². The predicted octanol–water partition coefficient (Wildman–Crippen LogP) is 1.43. The number of nitrogens with zero attached hydrogens (tertiary/aromatic N) is 2. The molecule has 134 valence electrons. The third-order valence-corrected chi connectivity index (χ3v) is 3.70. The van der Waals surface area contributed by atoms with Crippen molar-refractivity contribution >= 4 is 11.8 Å². The molecule has 0 saturated heterocycles. The second-order valence-corrected chi connectivity index (χ2v) is 6.18. The van der Waals surface area contributed by atoms with Crippen LogP contribution in [-0.2, 0) is 11.3 Å². The second-order valence-electron chi connectivity index (χ2n) is 6.18. The molecule has 0 spiro atoms. The number of primary amides is 1. The maximum absolute atomic E-state index is 12.4. The van der Waals surface area contributed by atoms with E-state index in [-0.39, 0.29) is 18.4 Å². The van der Waals surface area contributed by atoms with Gasteiger partial charge in [-0.25, -0.2) is 0 Å². The van der Waals surface area contributed by atoms with E-state index in [2.05, 4.69) is 10.4 Å². The number of nitrogens with one attached hydrogen (secondary N) is 1. The molecule has 1 aromatic carbocycles. The van der Waals surface area contributed by atoms with Crippen LogP contribution in [0.15, 0.2) is 30.3 Å². The molecule has 0 saturated carbocycles. The third-order valence-electron chi connectivity index (χ3n) is 3.70. The number of ether oxygens (including phenoxy) is 1. The van der Waals surface area contributed by atoms with Crippen molar-refractivity contribution in [1.29, 1.82) is 0 Å². The van der Waals surface area contributed by atoms with Crippen LogP contribution < -0.4 is 15.8 Å². The first kappa shape index (κ1) is 18.5. The number of rotatable bonds is 8. The Kier molecular flexibility index (Phi) is 6.16. The minimum Gasteiger partial charge on any atom is -0.483 e. The molecule has 7 nitrogen and oxygen atoms in total. The number of hydrogen-bond acceptors (Lipinski definition) is 4. The van der Waals surface area contributed by atoms with Crippen LogP contribution in [0.5, 0.6) is 5.75 Å². The molecule has 2 aromatic rings. The molecule has 3 N–H and O–H groups in total. The summed E-state index contributed by atoms with van der Waals surface area (Å²) in [6.07, 6.45) is 0. The molecule has 2 rings (SSSR count). The monoisotopic (exact) mass is 344 g/mol. The Bertz CT molecular complexity index is 755. The van der Waals surface area contributed by atoms with Crippen LogP contribution >= 0.6 is 0 Å². The fourth-order valence-electron chi connectivity index (χ4n) is 2.51. The van der Waals surface area contributed by atoms with E-state index >= 15 is 0 Å². The highest BCUT2D eigenvalue weighted by Crippen LogP contribution is 2.17. The summed E-state index contributed by atoms with van der Waals surface area (Å²) >= 11 is 0. The van der Waals surface area contributed by atoms with Crippen molar-refractivity contribution in [1.82, 2.24) is 15.1 Å². The number of hydrogen-bond donors (Lipinski definition) is 2. The van der Waals surface area contributed by atoms with Gasteiger partial charge in [-0.2, -0.15) is 5.10 Å². The average molecular weight is 344 g/mol. The molecule has 0 aliphatic heterocycles. The van der Waals surface area contributed by atoms with Gasteiger partial charge in [-0.1, -0.05) is 19.1 Å². The van der Waals surface area contributed by atoms with Crippen molar-refractivity contribution in [2.75, 3.05) is 13.2 Å². The van der Waals surface area contributed by atoms with Gasteiger partial charge in [0, 0.05) is 18.8 Å². The zero-order valence-electron chi connectivity index (χ0n) is 14.8. The Labute approximate surface area is 147 Å². The van der Waals surface area contributed by atoms with Crippen LogP contribution in [0.4, 0.5) is 0 Å². The van der Waals surface area contributed by atoms with E-state index in [0.717, 1.165) is 17.9 Å². The third kappa shape index (κ3) is 5.34. The van der Waals surface area contributed by atoms with Crippen molar-refractivity contribution in [3.05, 3.63) is 47.3 Å². The molecule has 0 unspecified atom stereocenters. The van der Waals surface area contributed by atoms with Gasteiger partial charge in [0.2, 0.25) is 0 Å². The van der Waals surface area contributed by atoms with Gasteiger partial charge in [0.1, 0.15) is 5.75 Å². The summed E-state index contributed by atoms with van der Waals surface area (Å²) in [5, 5.41) is 7.33. The highest BCUT2D eigenvalue weighted by Gasteiger charge is 2.14. The first-order valence-electron chi connectivity index (χ1n) is 8.16. The Balaban J connectivity index is 1.93. The van der Waals surface area contributed by atoms with Crippen LogP contribution in [0, 0.1) is 19.8 Å². The summed E-state index contributed by atoms with van der Waals surface area (Å²) in [6, 6.07) is 8.79. The number of aromatic nitrogens is 2. The van der Waals surface area contributed by atoms with Gasteiger partial charge in [0.25, 0.3) is 11.8 Å². The van der Waals surface area contributed by atoms with Crippen LogP contribution in [0.25, 0.3) is 0 Å². The second kappa shape index (κ2) is 8.32. The molecule has 0 aliphatic rings. The zero-order valence-corrected chi connectivity index (χ0v) is 14.8. The maximum atomic E-state index is 12.4. The van der Waals surface area contributed by atoms with E-state index in [1.54, 1.807) is 24.3 Å². The molecular weight excluding hydrogens is 320 g/mol. The Morgan fingerprint density at radius 2 is 2.04 bits per heavy atom. The number of carbonyl (C=O) groups is 2.